The lowest BCUT2D eigenvalue weighted by atomic mass is 10.0. The van der Waals surface area contributed by atoms with Crippen LogP contribution in [0.4, 0.5) is 23.2 Å². The van der Waals surface area contributed by atoms with E-state index in [1.165, 1.54) is 35.4 Å². The molecule has 1 N–H and O–H groups in total. The Balaban J connectivity index is 1.19. The highest BCUT2D eigenvalue weighted by Gasteiger charge is 2.26. The maximum Gasteiger partial charge on any atom is 0.294 e. The molecule has 0 atom stereocenters. The van der Waals surface area contributed by atoms with E-state index in [2.05, 4.69) is 4.90 Å². The summed E-state index contributed by atoms with van der Waals surface area (Å²) < 4.78 is 57.1. The van der Waals surface area contributed by atoms with Gasteiger partial charge < -0.3 is 19.5 Å². The van der Waals surface area contributed by atoms with Gasteiger partial charge in [-0.3, -0.25) is 14.4 Å². The number of nitrogens with zero attached hydrogens (tertiary/aromatic N) is 3. The van der Waals surface area contributed by atoms with Gasteiger partial charge in [-0.1, -0.05) is 60.7 Å². The first-order chi connectivity index (χ1) is 24.1. The van der Waals surface area contributed by atoms with E-state index >= 15 is 0 Å². The van der Waals surface area contributed by atoms with E-state index in [0.717, 1.165) is 33.5 Å². The molecule has 0 aliphatic carbocycles. The van der Waals surface area contributed by atoms with E-state index in [0.29, 0.717) is 24.7 Å². The van der Waals surface area contributed by atoms with Crippen LogP contribution in [0.25, 0.3) is 16.9 Å². The molecule has 0 unspecified atom stereocenters. The Morgan fingerprint density at radius 2 is 1.44 bits per heavy atom. The fourth-order valence-electron chi connectivity index (χ4n) is 5.93. The molecule has 7 nitrogen and oxygen atoms in total. The van der Waals surface area contributed by atoms with Crippen LogP contribution in [-0.4, -0.2) is 52.4 Å². The van der Waals surface area contributed by atoms with E-state index in [9.17, 15) is 37.1 Å². The van der Waals surface area contributed by atoms with Crippen molar-refractivity contribution in [2.45, 2.75) is 13.0 Å². The van der Waals surface area contributed by atoms with Crippen LogP contribution in [0, 0.1) is 23.3 Å². The SMILES string of the molecule is O=C(/C=C(/O)c1cc(Cc2ccc(F)c(F)c2F)cn(Cc2cccc(F)c2)c1=O)C(=O)N1CCN(c2ccc(-c3ccccc3)cc2)CC1. The number of piperazine rings is 1. The Morgan fingerprint density at radius 3 is 2.14 bits per heavy atom. The van der Waals surface area contributed by atoms with E-state index in [1.54, 1.807) is 6.07 Å². The second kappa shape index (κ2) is 14.7. The second-order valence-corrected chi connectivity index (χ2v) is 11.9. The summed E-state index contributed by atoms with van der Waals surface area (Å²) in [7, 11) is 0. The van der Waals surface area contributed by atoms with Crippen LogP contribution >= 0.6 is 0 Å². The molecule has 0 saturated carbocycles. The molecule has 6 rings (SSSR count). The Kier molecular flexibility index (Phi) is 9.94. The van der Waals surface area contributed by atoms with E-state index < -0.39 is 51.8 Å². The van der Waals surface area contributed by atoms with E-state index in [-0.39, 0.29) is 37.2 Å². The number of halogens is 4. The molecule has 5 aromatic rings. The zero-order chi connectivity index (χ0) is 35.4. The Labute approximate surface area is 285 Å². The molecular formula is C39H31F4N3O4. The zero-order valence-electron chi connectivity index (χ0n) is 26.7. The molecule has 1 aromatic heterocycles. The number of amides is 1. The number of benzene rings is 4. The molecule has 1 aliphatic rings. The summed E-state index contributed by atoms with van der Waals surface area (Å²) >= 11 is 0. The van der Waals surface area contributed by atoms with Gasteiger partial charge in [0.25, 0.3) is 11.5 Å². The maximum atomic E-state index is 14.5. The Bertz CT molecular complexity index is 2140. The summed E-state index contributed by atoms with van der Waals surface area (Å²) in [4.78, 5) is 43.1. The minimum absolute atomic E-state index is 0.170. The third-order valence-corrected chi connectivity index (χ3v) is 8.56. The number of aliphatic hydroxyl groups excluding tert-OH is 1. The summed E-state index contributed by atoms with van der Waals surface area (Å²) in [5, 5.41) is 11.0. The summed E-state index contributed by atoms with van der Waals surface area (Å²) in [5.41, 5.74) is 2.30. The molecular weight excluding hydrogens is 650 g/mol. The predicted octanol–water partition coefficient (Wildman–Crippen LogP) is 6.53. The van der Waals surface area contributed by atoms with Crippen molar-refractivity contribution in [1.82, 2.24) is 9.47 Å². The standard InChI is InChI=1S/C39H31F4N3O4/c40-30-8-4-5-25(20-30)23-46-24-26(19-29-11-14-33(41)37(43)36(29)42)21-32(38(46)49)34(47)22-35(48)39(50)45-17-15-44(16-18-45)31-12-9-28(10-13-31)27-6-2-1-3-7-27/h1-14,20-22,24,47H,15-19,23H2/b34-22+. The maximum absolute atomic E-state index is 14.5. The smallest absolute Gasteiger partial charge is 0.294 e. The highest BCUT2D eigenvalue weighted by molar-refractivity contribution is 6.41. The van der Waals surface area contributed by atoms with Crippen molar-refractivity contribution >= 4 is 23.1 Å². The Morgan fingerprint density at radius 1 is 0.740 bits per heavy atom. The van der Waals surface area contributed by atoms with Crippen molar-refractivity contribution < 1.29 is 32.3 Å². The lowest BCUT2D eigenvalue weighted by Gasteiger charge is -2.35. The normalized spacial score (nSPS) is 13.4. The first kappa shape index (κ1) is 33.9. The van der Waals surface area contributed by atoms with E-state index in [1.807, 2.05) is 54.6 Å². The van der Waals surface area contributed by atoms with Crippen LogP contribution < -0.4 is 10.5 Å². The van der Waals surface area contributed by atoms with Crippen LogP contribution in [0.15, 0.2) is 114 Å². The summed E-state index contributed by atoms with van der Waals surface area (Å²) in [5.74, 6) is -7.74. The van der Waals surface area contributed by atoms with Gasteiger partial charge >= 0.3 is 0 Å². The van der Waals surface area contributed by atoms with Gasteiger partial charge in [-0.25, -0.2) is 17.6 Å². The predicted molar refractivity (Wildman–Crippen MR) is 182 cm³/mol. The molecule has 1 amide bonds. The number of aliphatic hydroxyl groups is 1. The van der Waals surface area contributed by atoms with Crippen molar-refractivity contribution in [1.29, 1.82) is 0 Å². The summed E-state index contributed by atoms with van der Waals surface area (Å²) in [6.07, 6.45) is 1.65. The van der Waals surface area contributed by atoms with Crippen molar-refractivity contribution in [2.75, 3.05) is 31.1 Å². The fourth-order valence-corrected chi connectivity index (χ4v) is 5.93. The van der Waals surface area contributed by atoms with Gasteiger partial charge in [0.2, 0.25) is 5.78 Å². The molecule has 1 aliphatic heterocycles. The van der Waals surface area contributed by atoms with Gasteiger partial charge in [-0.15, -0.1) is 0 Å². The first-order valence-corrected chi connectivity index (χ1v) is 15.8. The first-order valence-electron chi connectivity index (χ1n) is 15.8. The number of carbonyl (C=O) groups excluding carboxylic acids is 2. The van der Waals surface area contributed by atoms with Gasteiger partial charge in [0.05, 0.1) is 12.1 Å². The van der Waals surface area contributed by atoms with Crippen molar-refractivity contribution in [3.05, 3.63) is 165 Å². The number of hydrogen-bond donors (Lipinski definition) is 1. The van der Waals surface area contributed by atoms with Crippen molar-refractivity contribution in [2.24, 2.45) is 0 Å². The fraction of sp³-hybridized carbons (Fsp3) is 0.154. The molecule has 11 heteroatoms. The van der Waals surface area contributed by atoms with Crippen LogP contribution in [0.5, 0.6) is 0 Å². The largest absolute Gasteiger partial charge is 0.507 e. The average molecular weight is 682 g/mol. The highest BCUT2D eigenvalue weighted by atomic mass is 19.2. The molecule has 1 saturated heterocycles. The minimum atomic E-state index is -1.66. The number of anilines is 1. The van der Waals surface area contributed by atoms with Crippen LogP contribution in [0.1, 0.15) is 22.3 Å². The van der Waals surface area contributed by atoms with Gasteiger partial charge in [0, 0.05) is 50.6 Å². The summed E-state index contributed by atoms with van der Waals surface area (Å²) in [6, 6.07) is 26.4. The number of rotatable bonds is 9. The molecule has 2 heterocycles. The second-order valence-electron chi connectivity index (χ2n) is 11.9. The van der Waals surface area contributed by atoms with Gasteiger partial charge in [-0.2, -0.15) is 0 Å². The molecule has 0 radical (unpaired) electrons. The molecule has 0 spiro atoms. The number of ketones is 1. The molecule has 4 aromatic carbocycles. The quantitative estimate of drug-likeness (QED) is 0.0630. The molecule has 254 valence electrons. The molecule has 50 heavy (non-hydrogen) atoms. The highest BCUT2D eigenvalue weighted by Crippen LogP contribution is 2.24. The molecule has 0 bridgehead atoms. The van der Waals surface area contributed by atoms with Crippen molar-refractivity contribution in [3.8, 4) is 11.1 Å². The van der Waals surface area contributed by atoms with Crippen LogP contribution in [0.3, 0.4) is 0 Å². The number of carbonyl (C=O) groups is 2. The minimum Gasteiger partial charge on any atom is -0.507 e. The number of pyridine rings is 1. The van der Waals surface area contributed by atoms with E-state index in [4.69, 9.17) is 0 Å². The molecule has 1 fully saturated rings. The Hall–Kier alpha value is -5.97. The number of hydrogen-bond acceptors (Lipinski definition) is 5. The zero-order valence-corrected chi connectivity index (χ0v) is 26.7. The number of aromatic nitrogens is 1. The third kappa shape index (κ3) is 7.52. The van der Waals surface area contributed by atoms with Crippen LogP contribution in [0.2, 0.25) is 0 Å². The average Bonchev–Trinajstić information content (AvgIpc) is 3.13. The van der Waals surface area contributed by atoms with Gasteiger partial charge in [-0.05, 0) is 64.2 Å². The van der Waals surface area contributed by atoms with Gasteiger partial charge in [0.15, 0.2) is 17.5 Å². The lowest BCUT2D eigenvalue weighted by molar-refractivity contribution is -0.142. The monoisotopic (exact) mass is 681 g/mol. The third-order valence-electron chi connectivity index (χ3n) is 8.56. The van der Waals surface area contributed by atoms with Crippen molar-refractivity contribution in [3.63, 3.8) is 0 Å². The summed E-state index contributed by atoms with van der Waals surface area (Å²) in [6.45, 7) is 1.25. The lowest BCUT2D eigenvalue weighted by Crippen LogP contribution is -2.50. The van der Waals surface area contributed by atoms with Crippen LogP contribution in [-0.2, 0) is 22.6 Å². The topological polar surface area (TPSA) is 82.8 Å². The van der Waals surface area contributed by atoms with Gasteiger partial charge in [0.1, 0.15) is 11.6 Å².